The molecule has 1 rings (SSSR count). The number of ether oxygens (including phenoxy) is 2. The number of hydrogen-bond acceptors (Lipinski definition) is 11. The van der Waals surface area contributed by atoms with E-state index in [1.807, 2.05) is 0 Å². The van der Waals surface area contributed by atoms with Gasteiger partial charge in [0.25, 0.3) is 0 Å². The van der Waals surface area contributed by atoms with Crippen molar-refractivity contribution in [1.82, 2.24) is 0 Å². The first-order valence-electron chi connectivity index (χ1n) is 21.0. The van der Waals surface area contributed by atoms with Crippen LogP contribution in [0.1, 0.15) is 174 Å². The van der Waals surface area contributed by atoms with Crippen LogP contribution < -0.4 is 0 Å². The molecular formula is C40H77O12P. The van der Waals surface area contributed by atoms with Crippen molar-refractivity contribution in [3.05, 3.63) is 12.2 Å². The largest absolute Gasteiger partial charge is 0.472 e. The predicted molar refractivity (Wildman–Crippen MR) is 207 cm³/mol. The molecule has 314 valence electrons. The number of aliphatic hydroxyl groups excluding tert-OH is 5. The lowest BCUT2D eigenvalue weighted by molar-refractivity contribution is -0.220. The van der Waals surface area contributed by atoms with Crippen molar-refractivity contribution in [2.75, 3.05) is 19.8 Å². The van der Waals surface area contributed by atoms with Gasteiger partial charge in [0, 0.05) is 13.0 Å². The van der Waals surface area contributed by atoms with Gasteiger partial charge in [-0.3, -0.25) is 13.8 Å². The number of rotatable bonds is 35. The Morgan fingerprint density at radius 1 is 0.585 bits per heavy atom. The molecule has 0 saturated heterocycles. The minimum absolute atomic E-state index is 0.0762. The Morgan fingerprint density at radius 3 is 1.55 bits per heavy atom. The number of phosphoric ester groups is 1. The third-order valence-corrected chi connectivity index (χ3v) is 10.9. The van der Waals surface area contributed by atoms with E-state index in [1.165, 1.54) is 89.9 Å². The van der Waals surface area contributed by atoms with Crippen molar-refractivity contribution in [1.29, 1.82) is 0 Å². The molecule has 1 aliphatic carbocycles. The number of carbonyl (C=O) groups excluding carboxylic acids is 1. The highest BCUT2D eigenvalue weighted by Crippen LogP contribution is 2.47. The molecule has 0 amide bonds. The summed E-state index contributed by atoms with van der Waals surface area (Å²) in [6.07, 6.45) is 20.0. The summed E-state index contributed by atoms with van der Waals surface area (Å²) in [6, 6.07) is 0. The fourth-order valence-electron chi connectivity index (χ4n) is 6.45. The van der Waals surface area contributed by atoms with Crippen LogP contribution in [0.4, 0.5) is 0 Å². The van der Waals surface area contributed by atoms with Gasteiger partial charge in [0.2, 0.25) is 0 Å². The van der Waals surface area contributed by atoms with E-state index in [1.54, 1.807) is 0 Å². The van der Waals surface area contributed by atoms with Crippen molar-refractivity contribution >= 4 is 13.8 Å². The van der Waals surface area contributed by atoms with Crippen molar-refractivity contribution < 1.29 is 58.3 Å². The van der Waals surface area contributed by atoms with E-state index in [2.05, 4.69) is 26.0 Å². The maximum atomic E-state index is 12.8. The summed E-state index contributed by atoms with van der Waals surface area (Å²) in [4.78, 5) is 23.0. The van der Waals surface area contributed by atoms with E-state index < -0.39 is 63.1 Å². The summed E-state index contributed by atoms with van der Waals surface area (Å²) in [5, 5.41) is 50.0. The van der Waals surface area contributed by atoms with Gasteiger partial charge in [-0.1, -0.05) is 148 Å². The molecule has 0 spiro atoms. The molecule has 0 aromatic carbocycles. The third kappa shape index (κ3) is 25.1. The molecule has 53 heavy (non-hydrogen) atoms. The maximum absolute atomic E-state index is 12.8. The second-order valence-corrected chi connectivity index (χ2v) is 16.3. The van der Waals surface area contributed by atoms with Gasteiger partial charge in [-0.2, -0.15) is 0 Å². The van der Waals surface area contributed by atoms with Crippen LogP contribution in [-0.2, 0) is 27.9 Å². The van der Waals surface area contributed by atoms with Gasteiger partial charge >= 0.3 is 13.8 Å². The lowest BCUT2D eigenvalue weighted by Crippen LogP contribution is -2.64. The molecule has 6 N–H and O–H groups in total. The molecule has 1 aliphatic rings. The number of unbranched alkanes of at least 4 members (excludes halogenated alkanes) is 21. The fraction of sp³-hybridized carbons (Fsp3) is 0.925. The Balaban J connectivity index is 2.44. The lowest BCUT2D eigenvalue weighted by atomic mass is 9.85. The molecule has 6 unspecified atom stereocenters. The minimum Gasteiger partial charge on any atom is -0.457 e. The van der Waals surface area contributed by atoms with E-state index in [0.717, 1.165) is 57.8 Å². The summed E-state index contributed by atoms with van der Waals surface area (Å²) in [6.45, 7) is 4.21. The average molecular weight is 781 g/mol. The van der Waals surface area contributed by atoms with Crippen LogP contribution in [0.5, 0.6) is 0 Å². The smallest absolute Gasteiger partial charge is 0.457 e. The van der Waals surface area contributed by atoms with Crippen molar-refractivity contribution in [2.24, 2.45) is 0 Å². The van der Waals surface area contributed by atoms with E-state index in [-0.39, 0.29) is 13.0 Å². The number of hydrogen-bond donors (Lipinski definition) is 6. The van der Waals surface area contributed by atoms with E-state index in [9.17, 15) is 39.8 Å². The molecule has 1 saturated carbocycles. The Hall–Kier alpha value is -0.920. The van der Waals surface area contributed by atoms with E-state index in [0.29, 0.717) is 13.0 Å². The number of allylic oxidation sites excluding steroid dienone is 2. The normalized spacial score (nSPS) is 23.7. The quantitative estimate of drug-likeness (QED) is 0.0160. The first-order chi connectivity index (χ1) is 25.5. The van der Waals surface area contributed by atoms with Gasteiger partial charge in [-0.15, -0.1) is 0 Å². The zero-order valence-corrected chi connectivity index (χ0v) is 34.0. The van der Waals surface area contributed by atoms with Gasteiger partial charge in [0.05, 0.1) is 13.2 Å². The van der Waals surface area contributed by atoms with Crippen LogP contribution in [0, 0.1) is 0 Å². The molecule has 6 atom stereocenters. The van der Waals surface area contributed by atoms with E-state index in [4.69, 9.17) is 18.5 Å². The van der Waals surface area contributed by atoms with Gasteiger partial charge in [0.15, 0.2) is 0 Å². The molecule has 13 heteroatoms. The highest BCUT2D eigenvalue weighted by Gasteiger charge is 2.51. The zero-order chi connectivity index (χ0) is 39.2. The summed E-state index contributed by atoms with van der Waals surface area (Å²) in [5.41, 5.74) is 0. The van der Waals surface area contributed by atoms with Crippen molar-refractivity contribution in [3.8, 4) is 0 Å². The Labute approximate surface area is 320 Å². The molecule has 0 heterocycles. The zero-order valence-electron chi connectivity index (χ0n) is 33.1. The van der Waals surface area contributed by atoms with Gasteiger partial charge in [0.1, 0.15) is 42.7 Å². The Kier molecular flexibility index (Phi) is 30.4. The summed E-state index contributed by atoms with van der Waals surface area (Å²) in [7, 11) is -5.01. The topological polar surface area (TPSA) is 192 Å². The predicted octanol–water partition coefficient (Wildman–Crippen LogP) is 7.58. The second kappa shape index (κ2) is 32.2. The molecular weight excluding hydrogens is 703 g/mol. The van der Waals surface area contributed by atoms with Crippen LogP contribution in [0.25, 0.3) is 0 Å². The third-order valence-electron chi connectivity index (χ3n) is 9.89. The van der Waals surface area contributed by atoms with E-state index >= 15 is 0 Å². The first kappa shape index (κ1) is 50.1. The average Bonchev–Trinajstić information content (AvgIpc) is 3.14. The van der Waals surface area contributed by atoms with Gasteiger partial charge in [-0.05, 0) is 32.1 Å². The second-order valence-electron chi connectivity index (χ2n) is 14.8. The van der Waals surface area contributed by atoms with Gasteiger partial charge in [-0.25, -0.2) is 4.57 Å². The van der Waals surface area contributed by atoms with Gasteiger partial charge < -0.3 is 39.9 Å². The van der Waals surface area contributed by atoms with Crippen LogP contribution in [-0.4, -0.2) is 98.9 Å². The molecule has 0 aliphatic heterocycles. The highest BCUT2D eigenvalue weighted by molar-refractivity contribution is 7.47. The van der Waals surface area contributed by atoms with Crippen LogP contribution in [0.2, 0.25) is 0 Å². The molecule has 0 aromatic heterocycles. The Morgan fingerprint density at radius 2 is 1.02 bits per heavy atom. The Bertz CT molecular complexity index is 937. The summed E-state index contributed by atoms with van der Waals surface area (Å²) in [5.74, 6) is -0.478. The van der Waals surface area contributed by atoms with Crippen molar-refractivity contribution in [3.63, 3.8) is 0 Å². The molecule has 0 bridgehead atoms. The number of esters is 1. The monoisotopic (exact) mass is 781 g/mol. The lowest BCUT2D eigenvalue weighted by Gasteiger charge is -2.41. The number of carbonyl (C=O) groups is 1. The minimum atomic E-state index is -5.01. The number of phosphoric acid groups is 1. The van der Waals surface area contributed by atoms with Crippen molar-refractivity contribution in [2.45, 2.75) is 217 Å². The standard InChI is InChI=1S/C40H77O12P/c1-3-5-7-9-11-13-15-17-18-19-21-23-25-27-29-34(41)51-33(31-49-30-28-26-24-22-20-16-14-12-10-8-6-4-2)32-50-53(47,48)52-40-38(45)36(43)35(42)37(44)39(40)46/h10,12,33,35-40,42-46H,3-9,11,13-32H2,1-2H3,(H,47,48)/b12-10-. The van der Waals surface area contributed by atoms with Crippen LogP contribution in [0.3, 0.4) is 0 Å². The summed E-state index contributed by atoms with van der Waals surface area (Å²) < 4.78 is 34.0. The highest BCUT2D eigenvalue weighted by atomic mass is 31.2. The SMILES string of the molecule is CCCC/C=C\CCCCCCCCOCC(COP(=O)(O)OC1C(O)C(O)C(O)C(O)C1O)OC(=O)CCCCCCCCCCCCCCCC. The van der Waals surface area contributed by atoms with Crippen LogP contribution in [0.15, 0.2) is 12.2 Å². The summed E-state index contributed by atoms with van der Waals surface area (Å²) >= 11 is 0. The maximum Gasteiger partial charge on any atom is 0.472 e. The van der Waals surface area contributed by atoms with Crippen LogP contribution >= 0.6 is 7.82 Å². The fourth-order valence-corrected chi connectivity index (χ4v) is 7.43. The molecule has 0 radical (unpaired) electrons. The first-order valence-corrected chi connectivity index (χ1v) is 22.5. The molecule has 12 nitrogen and oxygen atoms in total. The molecule has 1 fully saturated rings. The molecule has 0 aromatic rings. The number of aliphatic hydroxyl groups is 5.